The summed E-state index contributed by atoms with van der Waals surface area (Å²) >= 11 is 0. The van der Waals surface area contributed by atoms with Crippen molar-refractivity contribution >= 4 is 23.2 Å². The molecule has 0 fully saturated rings. The molecule has 6 nitrogen and oxygen atoms in total. The van der Waals surface area contributed by atoms with E-state index < -0.39 is 23.8 Å². The summed E-state index contributed by atoms with van der Waals surface area (Å²) in [5, 5.41) is 5.40. The Balaban J connectivity index is 1.49. The number of rotatable bonds is 4. The van der Waals surface area contributed by atoms with Gasteiger partial charge in [-0.1, -0.05) is 12.1 Å². The number of halogens is 3. The second-order valence-electron chi connectivity index (χ2n) is 7.07. The van der Waals surface area contributed by atoms with Crippen LogP contribution in [0.2, 0.25) is 0 Å². The molecule has 1 unspecified atom stereocenters. The molecule has 3 aromatic carbocycles. The standard InChI is InChI=1S/C23H17F3N2O4/c1-13-21(29)28-19-12-16(8-9-20(19)31-13)27-22(30)14-4-2-6-17(10-14)32-18-7-3-5-15(11-18)23(24,25)26/h2-13H,1H3,(H,27,30)(H,28,29). The zero-order valence-corrected chi connectivity index (χ0v) is 16.7. The molecule has 0 aromatic heterocycles. The van der Waals surface area contributed by atoms with Crippen LogP contribution in [0.1, 0.15) is 22.8 Å². The highest BCUT2D eigenvalue weighted by atomic mass is 19.4. The zero-order chi connectivity index (χ0) is 22.9. The Morgan fingerprint density at radius 3 is 2.50 bits per heavy atom. The molecule has 3 aromatic rings. The van der Waals surface area contributed by atoms with Gasteiger partial charge in [-0.2, -0.15) is 13.2 Å². The van der Waals surface area contributed by atoms with E-state index in [9.17, 15) is 22.8 Å². The molecule has 2 N–H and O–H groups in total. The zero-order valence-electron chi connectivity index (χ0n) is 16.7. The van der Waals surface area contributed by atoms with E-state index in [1.54, 1.807) is 37.3 Å². The van der Waals surface area contributed by atoms with E-state index >= 15 is 0 Å². The van der Waals surface area contributed by atoms with Crippen LogP contribution in [0.5, 0.6) is 17.2 Å². The maximum absolute atomic E-state index is 12.9. The van der Waals surface area contributed by atoms with Crippen LogP contribution in [-0.2, 0) is 11.0 Å². The summed E-state index contributed by atoms with van der Waals surface area (Å²) in [6.07, 6.45) is -5.10. The molecule has 1 aliphatic heterocycles. The Bertz CT molecular complexity index is 1190. The minimum Gasteiger partial charge on any atom is -0.479 e. The summed E-state index contributed by atoms with van der Waals surface area (Å²) in [6.45, 7) is 1.63. The lowest BCUT2D eigenvalue weighted by Gasteiger charge is -2.23. The highest BCUT2D eigenvalue weighted by Crippen LogP contribution is 2.34. The predicted octanol–water partition coefficient (Wildman–Crippen LogP) is 5.47. The van der Waals surface area contributed by atoms with E-state index in [1.165, 1.54) is 24.3 Å². The maximum atomic E-state index is 12.9. The fourth-order valence-corrected chi connectivity index (χ4v) is 3.06. The summed E-state index contributed by atoms with van der Waals surface area (Å²) in [4.78, 5) is 24.4. The third-order valence-electron chi connectivity index (χ3n) is 4.66. The van der Waals surface area contributed by atoms with Crippen LogP contribution in [-0.4, -0.2) is 17.9 Å². The van der Waals surface area contributed by atoms with Crippen LogP contribution >= 0.6 is 0 Å². The van der Waals surface area contributed by atoms with Gasteiger partial charge in [0.15, 0.2) is 6.10 Å². The van der Waals surface area contributed by atoms with E-state index in [4.69, 9.17) is 9.47 Å². The normalized spacial score (nSPS) is 15.2. The summed E-state index contributed by atoms with van der Waals surface area (Å²) in [5.74, 6) is -0.0584. The van der Waals surface area contributed by atoms with Crippen molar-refractivity contribution in [3.05, 3.63) is 77.9 Å². The Labute approximate surface area is 181 Å². The van der Waals surface area contributed by atoms with Crippen molar-refractivity contribution in [3.8, 4) is 17.2 Å². The van der Waals surface area contributed by atoms with Crippen LogP contribution in [0.4, 0.5) is 24.5 Å². The average Bonchev–Trinajstić information content (AvgIpc) is 2.74. The first-order valence-corrected chi connectivity index (χ1v) is 9.57. The Kier molecular flexibility index (Phi) is 5.48. The van der Waals surface area contributed by atoms with Crippen LogP contribution in [0.3, 0.4) is 0 Å². The Morgan fingerprint density at radius 1 is 1.03 bits per heavy atom. The third kappa shape index (κ3) is 4.66. The number of ether oxygens (including phenoxy) is 2. The van der Waals surface area contributed by atoms with Crippen molar-refractivity contribution in [3.63, 3.8) is 0 Å². The van der Waals surface area contributed by atoms with Crippen molar-refractivity contribution in [1.29, 1.82) is 0 Å². The first kappa shape index (κ1) is 21.2. The highest BCUT2D eigenvalue weighted by Gasteiger charge is 2.30. The molecular weight excluding hydrogens is 425 g/mol. The molecule has 0 saturated carbocycles. The van der Waals surface area contributed by atoms with Gasteiger partial charge in [-0.3, -0.25) is 9.59 Å². The van der Waals surface area contributed by atoms with Gasteiger partial charge >= 0.3 is 6.18 Å². The second kappa shape index (κ2) is 8.26. The number of benzene rings is 3. The number of carbonyl (C=O) groups excluding carboxylic acids is 2. The number of amides is 2. The quantitative estimate of drug-likeness (QED) is 0.562. The van der Waals surface area contributed by atoms with Gasteiger partial charge in [0.05, 0.1) is 11.3 Å². The fraction of sp³-hybridized carbons (Fsp3) is 0.130. The Morgan fingerprint density at radius 2 is 1.75 bits per heavy atom. The van der Waals surface area contributed by atoms with E-state index in [0.29, 0.717) is 17.1 Å². The summed E-state index contributed by atoms with van der Waals surface area (Å²) < 4.78 is 49.7. The van der Waals surface area contributed by atoms with Crippen molar-refractivity contribution in [2.45, 2.75) is 19.2 Å². The molecule has 1 heterocycles. The summed E-state index contributed by atoms with van der Waals surface area (Å²) in [6, 6.07) is 15.4. The molecule has 2 amide bonds. The summed E-state index contributed by atoms with van der Waals surface area (Å²) in [7, 11) is 0. The molecule has 0 radical (unpaired) electrons. The van der Waals surface area contributed by atoms with Gasteiger partial charge in [0, 0.05) is 11.3 Å². The second-order valence-corrected chi connectivity index (χ2v) is 7.07. The number of hydrogen-bond acceptors (Lipinski definition) is 4. The van der Waals surface area contributed by atoms with E-state index in [0.717, 1.165) is 12.1 Å². The predicted molar refractivity (Wildman–Crippen MR) is 111 cm³/mol. The van der Waals surface area contributed by atoms with Gasteiger partial charge in [0.25, 0.3) is 11.8 Å². The monoisotopic (exact) mass is 442 g/mol. The van der Waals surface area contributed by atoms with Crippen molar-refractivity contribution < 1.29 is 32.2 Å². The number of carbonyl (C=O) groups is 2. The highest BCUT2D eigenvalue weighted by molar-refractivity contribution is 6.05. The molecule has 0 saturated heterocycles. The minimum absolute atomic E-state index is 0.00274. The van der Waals surface area contributed by atoms with Crippen molar-refractivity contribution in [2.75, 3.05) is 10.6 Å². The molecule has 164 valence electrons. The van der Waals surface area contributed by atoms with Gasteiger partial charge in [0.1, 0.15) is 17.2 Å². The molecule has 0 bridgehead atoms. The van der Waals surface area contributed by atoms with E-state index in [1.807, 2.05) is 0 Å². The number of nitrogens with one attached hydrogen (secondary N) is 2. The number of fused-ring (bicyclic) bond motifs is 1. The molecular formula is C23H17F3N2O4. The molecule has 0 spiro atoms. The molecule has 32 heavy (non-hydrogen) atoms. The molecule has 0 aliphatic carbocycles. The topological polar surface area (TPSA) is 76.7 Å². The Hall–Kier alpha value is -4.01. The van der Waals surface area contributed by atoms with E-state index in [2.05, 4.69) is 10.6 Å². The lowest BCUT2D eigenvalue weighted by molar-refractivity contribution is -0.137. The van der Waals surface area contributed by atoms with Gasteiger partial charge in [-0.05, 0) is 61.5 Å². The van der Waals surface area contributed by atoms with Crippen molar-refractivity contribution in [2.24, 2.45) is 0 Å². The van der Waals surface area contributed by atoms with Gasteiger partial charge < -0.3 is 20.1 Å². The molecule has 4 rings (SSSR count). The third-order valence-corrected chi connectivity index (χ3v) is 4.66. The lowest BCUT2D eigenvalue weighted by Crippen LogP contribution is -2.34. The number of hydrogen-bond donors (Lipinski definition) is 2. The average molecular weight is 442 g/mol. The largest absolute Gasteiger partial charge is 0.479 e. The van der Waals surface area contributed by atoms with Crippen LogP contribution < -0.4 is 20.1 Å². The van der Waals surface area contributed by atoms with Crippen LogP contribution in [0, 0.1) is 0 Å². The van der Waals surface area contributed by atoms with Gasteiger partial charge in [-0.15, -0.1) is 0 Å². The van der Waals surface area contributed by atoms with Crippen LogP contribution in [0.25, 0.3) is 0 Å². The number of alkyl halides is 3. The minimum atomic E-state index is -4.49. The summed E-state index contributed by atoms with van der Waals surface area (Å²) in [5.41, 5.74) is 0.270. The SMILES string of the molecule is CC1Oc2ccc(NC(=O)c3cccc(Oc4cccc(C(F)(F)F)c4)c3)cc2NC1=O. The van der Waals surface area contributed by atoms with Crippen molar-refractivity contribution in [1.82, 2.24) is 0 Å². The first-order chi connectivity index (χ1) is 15.2. The fourth-order valence-electron chi connectivity index (χ4n) is 3.06. The maximum Gasteiger partial charge on any atom is 0.416 e. The molecule has 1 aliphatic rings. The van der Waals surface area contributed by atoms with Gasteiger partial charge in [-0.25, -0.2) is 0 Å². The first-order valence-electron chi connectivity index (χ1n) is 9.57. The number of anilines is 2. The lowest BCUT2D eigenvalue weighted by atomic mass is 10.1. The molecule has 9 heteroatoms. The van der Waals surface area contributed by atoms with Gasteiger partial charge in [0.2, 0.25) is 0 Å². The smallest absolute Gasteiger partial charge is 0.416 e. The molecule has 1 atom stereocenters. The van der Waals surface area contributed by atoms with E-state index in [-0.39, 0.29) is 23.0 Å². The van der Waals surface area contributed by atoms with Crippen LogP contribution in [0.15, 0.2) is 66.7 Å².